The summed E-state index contributed by atoms with van der Waals surface area (Å²) < 4.78 is 0. The maximum Gasteiger partial charge on any atom is 0.310 e. The Kier molecular flexibility index (Phi) is 3.27. The number of rotatable bonds is 4. The van der Waals surface area contributed by atoms with Gasteiger partial charge < -0.3 is 15.5 Å². The highest BCUT2D eigenvalue weighted by molar-refractivity contribution is 5.75. The first-order chi connectivity index (χ1) is 6.10. The monoisotopic (exact) mass is 187 g/mol. The van der Waals surface area contributed by atoms with Crippen molar-refractivity contribution < 1.29 is 15.0 Å². The molecule has 0 aromatic carbocycles. The van der Waals surface area contributed by atoms with Gasteiger partial charge in [-0.25, -0.2) is 0 Å². The standard InChI is InChI=1S/C9H17NO3/c1-7(5-11)4-9(8(12)13)2-3-10-6-9/h7,10-11H,2-6H2,1H3,(H,12,13). The Balaban J connectivity index is 2.62. The fraction of sp³-hybridized carbons (Fsp3) is 0.889. The minimum absolute atomic E-state index is 0.0645. The summed E-state index contributed by atoms with van der Waals surface area (Å²) in [7, 11) is 0. The molecule has 4 heteroatoms. The summed E-state index contributed by atoms with van der Waals surface area (Å²) in [5.41, 5.74) is -0.637. The molecule has 0 aromatic rings. The van der Waals surface area contributed by atoms with Crippen LogP contribution < -0.4 is 5.32 Å². The number of hydrogen-bond acceptors (Lipinski definition) is 3. The van der Waals surface area contributed by atoms with E-state index in [0.717, 1.165) is 6.54 Å². The highest BCUT2D eigenvalue weighted by Gasteiger charge is 2.41. The van der Waals surface area contributed by atoms with E-state index in [1.807, 2.05) is 6.92 Å². The van der Waals surface area contributed by atoms with Gasteiger partial charge in [-0.05, 0) is 25.3 Å². The SMILES string of the molecule is CC(CO)CC1(C(=O)O)CCNC1. The van der Waals surface area contributed by atoms with Crippen molar-refractivity contribution in [2.24, 2.45) is 11.3 Å². The van der Waals surface area contributed by atoms with Crippen LogP contribution in [0.3, 0.4) is 0 Å². The highest BCUT2D eigenvalue weighted by Crippen LogP contribution is 2.33. The number of carbonyl (C=O) groups is 1. The molecule has 13 heavy (non-hydrogen) atoms. The number of hydrogen-bond donors (Lipinski definition) is 3. The smallest absolute Gasteiger partial charge is 0.310 e. The zero-order valence-corrected chi connectivity index (χ0v) is 7.92. The van der Waals surface area contributed by atoms with Gasteiger partial charge in [0.1, 0.15) is 0 Å². The molecule has 0 bridgehead atoms. The zero-order chi connectivity index (χ0) is 9.90. The number of carboxylic acid groups (broad SMARTS) is 1. The largest absolute Gasteiger partial charge is 0.481 e. The third-order valence-corrected chi connectivity index (χ3v) is 2.75. The number of aliphatic hydroxyl groups excluding tert-OH is 1. The average Bonchev–Trinajstić information content (AvgIpc) is 2.54. The topological polar surface area (TPSA) is 69.6 Å². The van der Waals surface area contributed by atoms with Gasteiger partial charge in [-0.3, -0.25) is 4.79 Å². The minimum atomic E-state index is -0.738. The predicted octanol–water partition coefficient (Wildman–Crippen LogP) is 0.0692. The minimum Gasteiger partial charge on any atom is -0.481 e. The Morgan fingerprint density at radius 1 is 1.69 bits per heavy atom. The van der Waals surface area contributed by atoms with Crippen molar-refractivity contribution in [3.63, 3.8) is 0 Å². The highest BCUT2D eigenvalue weighted by atomic mass is 16.4. The summed E-state index contributed by atoms with van der Waals surface area (Å²) >= 11 is 0. The van der Waals surface area contributed by atoms with Crippen molar-refractivity contribution in [3.05, 3.63) is 0 Å². The zero-order valence-electron chi connectivity index (χ0n) is 7.92. The summed E-state index contributed by atoms with van der Waals surface area (Å²) in [5.74, 6) is -0.672. The molecule has 0 amide bonds. The second-order valence-electron chi connectivity index (χ2n) is 4.00. The van der Waals surface area contributed by atoms with Crippen LogP contribution in [0, 0.1) is 11.3 Å². The van der Waals surface area contributed by atoms with Gasteiger partial charge >= 0.3 is 5.97 Å². The lowest BCUT2D eigenvalue weighted by molar-refractivity contribution is -0.149. The van der Waals surface area contributed by atoms with Crippen LogP contribution in [-0.4, -0.2) is 35.9 Å². The third kappa shape index (κ3) is 2.19. The lowest BCUT2D eigenvalue weighted by atomic mass is 9.79. The molecule has 0 radical (unpaired) electrons. The Hall–Kier alpha value is -0.610. The summed E-state index contributed by atoms with van der Waals surface area (Å²) in [5, 5.41) is 21.0. The van der Waals surface area contributed by atoms with E-state index in [-0.39, 0.29) is 12.5 Å². The molecule has 0 saturated carbocycles. The van der Waals surface area contributed by atoms with Crippen molar-refractivity contribution in [3.8, 4) is 0 Å². The molecular formula is C9H17NO3. The second kappa shape index (κ2) is 4.07. The molecule has 0 spiro atoms. The molecule has 1 aliphatic rings. The molecule has 4 nitrogen and oxygen atoms in total. The van der Waals surface area contributed by atoms with Crippen LogP contribution >= 0.6 is 0 Å². The van der Waals surface area contributed by atoms with E-state index in [9.17, 15) is 4.79 Å². The summed E-state index contributed by atoms with van der Waals surface area (Å²) in [6.07, 6.45) is 1.23. The van der Waals surface area contributed by atoms with Crippen molar-refractivity contribution in [2.75, 3.05) is 19.7 Å². The van der Waals surface area contributed by atoms with E-state index >= 15 is 0 Å². The molecule has 1 rings (SSSR count). The average molecular weight is 187 g/mol. The number of aliphatic carboxylic acids is 1. The van der Waals surface area contributed by atoms with Crippen molar-refractivity contribution in [1.82, 2.24) is 5.32 Å². The van der Waals surface area contributed by atoms with E-state index in [0.29, 0.717) is 19.4 Å². The van der Waals surface area contributed by atoms with Gasteiger partial charge in [-0.15, -0.1) is 0 Å². The molecule has 0 aliphatic carbocycles. The van der Waals surface area contributed by atoms with Gasteiger partial charge in [0, 0.05) is 13.2 Å². The Bertz CT molecular complexity index is 187. The lowest BCUT2D eigenvalue weighted by Crippen LogP contribution is -2.35. The van der Waals surface area contributed by atoms with E-state index in [1.54, 1.807) is 0 Å². The lowest BCUT2D eigenvalue weighted by Gasteiger charge is -2.25. The van der Waals surface area contributed by atoms with Gasteiger partial charge in [0.2, 0.25) is 0 Å². The van der Waals surface area contributed by atoms with Crippen molar-refractivity contribution >= 4 is 5.97 Å². The summed E-state index contributed by atoms with van der Waals surface area (Å²) in [6, 6.07) is 0. The fourth-order valence-electron chi connectivity index (χ4n) is 1.92. The molecule has 2 unspecified atom stereocenters. The van der Waals surface area contributed by atoms with Crippen LogP contribution in [0.2, 0.25) is 0 Å². The van der Waals surface area contributed by atoms with Crippen molar-refractivity contribution in [1.29, 1.82) is 0 Å². The van der Waals surface area contributed by atoms with Crippen LogP contribution in [0.25, 0.3) is 0 Å². The van der Waals surface area contributed by atoms with E-state index < -0.39 is 11.4 Å². The molecular weight excluding hydrogens is 170 g/mol. The Morgan fingerprint density at radius 3 is 2.77 bits per heavy atom. The Morgan fingerprint density at radius 2 is 2.38 bits per heavy atom. The van der Waals surface area contributed by atoms with Crippen molar-refractivity contribution in [2.45, 2.75) is 19.8 Å². The molecule has 76 valence electrons. The fourth-order valence-corrected chi connectivity index (χ4v) is 1.92. The van der Waals surface area contributed by atoms with E-state index in [2.05, 4.69) is 5.32 Å². The normalized spacial score (nSPS) is 30.3. The molecule has 1 heterocycles. The first kappa shape index (κ1) is 10.5. The van der Waals surface area contributed by atoms with Gasteiger partial charge in [0.25, 0.3) is 0 Å². The van der Waals surface area contributed by atoms with Crippen LogP contribution in [0.15, 0.2) is 0 Å². The number of aliphatic hydroxyl groups is 1. The first-order valence-electron chi connectivity index (χ1n) is 4.66. The van der Waals surface area contributed by atoms with Gasteiger partial charge in [-0.1, -0.05) is 6.92 Å². The van der Waals surface area contributed by atoms with Crippen LogP contribution in [-0.2, 0) is 4.79 Å². The number of nitrogens with one attached hydrogen (secondary N) is 1. The maximum absolute atomic E-state index is 11.1. The van der Waals surface area contributed by atoms with E-state index in [4.69, 9.17) is 10.2 Å². The van der Waals surface area contributed by atoms with E-state index in [1.165, 1.54) is 0 Å². The predicted molar refractivity (Wildman–Crippen MR) is 48.4 cm³/mol. The van der Waals surface area contributed by atoms with Crippen LogP contribution in [0.5, 0.6) is 0 Å². The molecule has 1 aliphatic heterocycles. The second-order valence-corrected chi connectivity index (χ2v) is 4.00. The molecule has 0 aromatic heterocycles. The third-order valence-electron chi connectivity index (χ3n) is 2.75. The molecule has 2 atom stereocenters. The Labute approximate surface area is 78.0 Å². The quantitative estimate of drug-likeness (QED) is 0.582. The molecule has 1 fully saturated rings. The van der Waals surface area contributed by atoms with Crippen LogP contribution in [0.4, 0.5) is 0 Å². The molecule has 3 N–H and O–H groups in total. The summed E-state index contributed by atoms with van der Waals surface area (Å²) in [4.78, 5) is 11.1. The molecule has 1 saturated heterocycles. The number of carboxylic acids is 1. The van der Waals surface area contributed by atoms with Gasteiger partial charge in [0.15, 0.2) is 0 Å². The van der Waals surface area contributed by atoms with Gasteiger partial charge in [-0.2, -0.15) is 0 Å². The first-order valence-corrected chi connectivity index (χ1v) is 4.66. The maximum atomic E-state index is 11.1. The van der Waals surface area contributed by atoms with Crippen LogP contribution in [0.1, 0.15) is 19.8 Å². The summed E-state index contributed by atoms with van der Waals surface area (Å²) in [6.45, 7) is 3.25. The van der Waals surface area contributed by atoms with Gasteiger partial charge in [0.05, 0.1) is 5.41 Å².